The number of rotatable bonds is 7. The maximum Gasteiger partial charge on any atom is 0.228 e. The Kier molecular flexibility index (Phi) is 7.69. The second kappa shape index (κ2) is 11.3. The molecule has 0 aliphatic carbocycles. The van der Waals surface area contributed by atoms with E-state index >= 15 is 0 Å². The smallest absolute Gasteiger partial charge is 0.228 e. The highest BCUT2D eigenvalue weighted by Gasteiger charge is 2.23. The van der Waals surface area contributed by atoms with Gasteiger partial charge < -0.3 is 9.64 Å². The molecule has 2 aliphatic heterocycles. The zero-order valence-corrected chi connectivity index (χ0v) is 20.5. The van der Waals surface area contributed by atoms with Crippen molar-refractivity contribution in [1.29, 1.82) is 0 Å². The molecule has 5 nitrogen and oxygen atoms in total. The van der Waals surface area contributed by atoms with E-state index in [1.54, 1.807) is 11.3 Å². The molecule has 0 N–H and O–H groups in total. The molecule has 3 heterocycles. The van der Waals surface area contributed by atoms with Crippen molar-refractivity contribution in [2.75, 3.05) is 39.4 Å². The Morgan fingerprint density at radius 1 is 0.971 bits per heavy atom. The van der Waals surface area contributed by atoms with Crippen LogP contribution < -0.4 is 0 Å². The molecule has 2 aromatic carbocycles. The highest BCUT2D eigenvalue weighted by molar-refractivity contribution is 7.13. The first-order valence-corrected chi connectivity index (χ1v) is 13.3. The normalized spacial score (nSPS) is 17.7. The van der Waals surface area contributed by atoms with E-state index < -0.39 is 0 Å². The van der Waals surface area contributed by atoms with Crippen molar-refractivity contribution >= 4 is 17.2 Å². The van der Waals surface area contributed by atoms with Crippen molar-refractivity contribution in [2.24, 2.45) is 5.92 Å². The van der Waals surface area contributed by atoms with Crippen LogP contribution in [0.5, 0.6) is 0 Å². The number of likely N-dealkylation sites (tertiary alicyclic amines) is 1. The van der Waals surface area contributed by atoms with Crippen LogP contribution in [-0.4, -0.2) is 60.1 Å². The molecular weight excluding hydrogens is 442 g/mol. The van der Waals surface area contributed by atoms with Gasteiger partial charge in [-0.1, -0.05) is 48.5 Å². The molecular formula is C28H33N3O2S. The Labute approximate surface area is 206 Å². The van der Waals surface area contributed by atoms with Crippen LogP contribution in [0, 0.1) is 5.92 Å². The molecule has 34 heavy (non-hydrogen) atoms. The van der Waals surface area contributed by atoms with E-state index in [2.05, 4.69) is 59.5 Å². The van der Waals surface area contributed by atoms with Crippen molar-refractivity contribution < 1.29 is 9.53 Å². The van der Waals surface area contributed by atoms with E-state index in [0.29, 0.717) is 12.3 Å². The standard InChI is InChI=1S/C28H33N3O2S/c32-27(31-11-9-23(10-12-31)17-22-5-2-1-3-6-22)19-26-21-34-28(29-26)25-8-4-7-24(18-25)20-30-13-15-33-16-14-30/h1-8,18,21,23H,9-17,19-20H2. The van der Waals surface area contributed by atoms with Crippen LogP contribution in [0.3, 0.4) is 0 Å². The van der Waals surface area contributed by atoms with Gasteiger partial charge in [0, 0.05) is 43.7 Å². The number of morpholine rings is 1. The molecule has 3 aromatic rings. The monoisotopic (exact) mass is 475 g/mol. The number of hydrogen-bond donors (Lipinski definition) is 0. The van der Waals surface area contributed by atoms with Gasteiger partial charge in [0.05, 0.1) is 25.3 Å². The number of aromatic nitrogens is 1. The Morgan fingerprint density at radius 3 is 2.53 bits per heavy atom. The van der Waals surface area contributed by atoms with Gasteiger partial charge in [0.1, 0.15) is 5.01 Å². The molecule has 0 unspecified atom stereocenters. The molecule has 178 valence electrons. The molecule has 0 bridgehead atoms. The van der Waals surface area contributed by atoms with E-state index in [1.165, 1.54) is 11.1 Å². The maximum absolute atomic E-state index is 12.9. The van der Waals surface area contributed by atoms with Gasteiger partial charge >= 0.3 is 0 Å². The Hall–Kier alpha value is -2.54. The third-order valence-corrected chi connectivity index (χ3v) is 7.84. The lowest BCUT2D eigenvalue weighted by Crippen LogP contribution is -2.39. The summed E-state index contributed by atoms with van der Waals surface area (Å²) in [6, 6.07) is 19.3. The molecule has 0 saturated carbocycles. The van der Waals surface area contributed by atoms with Crippen molar-refractivity contribution in [3.63, 3.8) is 0 Å². The van der Waals surface area contributed by atoms with Crippen molar-refractivity contribution in [2.45, 2.75) is 32.2 Å². The number of benzene rings is 2. The highest BCUT2D eigenvalue weighted by Crippen LogP contribution is 2.26. The van der Waals surface area contributed by atoms with Crippen molar-refractivity contribution in [1.82, 2.24) is 14.8 Å². The number of ether oxygens (including phenoxy) is 1. The quantitative estimate of drug-likeness (QED) is 0.498. The number of piperidine rings is 1. The molecule has 5 rings (SSSR count). The van der Waals surface area contributed by atoms with Crippen LogP contribution in [0.4, 0.5) is 0 Å². The summed E-state index contributed by atoms with van der Waals surface area (Å²) >= 11 is 1.63. The van der Waals surface area contributed by atoms with Crippen LogP contribution in [0.15, 0.2) is 60.0 Å². The molecule has 0 spiro atoms. The fourth-order valence-corrected chi connectivity index (χ4v) is 5.76. The Balaban J connectivity index is 1.13. The second-order valence-corrected chi connectivity index (χ2v) is 10.3. The minimum absolute atomic E-state index is 0.205. The van der Waals surface area contributed by atoms with Gasteiger partial charge in [0.15, 0.2) is 0 Å². The number of thiazole rings is 1. The van der Waals surface area contributed by atoms with Gasteiger partial charge in [0.25, 0.3) is 0 Å². The van der Waals surface area contributed by atoms with Gasteiger partial charge in [-0.2, -0.15) is 0 Å². The van der Waals surface area contributed by atoms with Gasteiger partial charge in [0.2, 0.25) is 5.91 Å². The van der Waals surface area contributed by atoms with Crippen molar-refractivity contribution in [3.05, 3.63) is 76.8 Å². The topological polar surface area (TPSA) is 45.7 Å². The summed E-state index contributed by atoms with van der Waals surface area (Å²) in [5.74, 6) is 0.873. The average molecular weight is 476 g/mol. The molecule has 1 aromatic heterocycles. The number of carbonyl (C=O) groups is 1. The predicted molar refractivity (Wildman–Crippen MR) is 137 cm³/mol. The molecule has 0 radical (unpaired) electrons. The van der Waals surface area contributed by atoms with Crippen molar-refractivity contribution in [3.8, 4) is 10.6 Å². The van der Waals surface area contributed by atoms with E-state index in [-0.39, 0.29) is 5.91 Å². The predicted octanol–water partition coefficient (Wildman–Crippen LogP) is 4.67. The summed E-state index contributed by atoms with van der Waals surface area (Å²) < 4.78 is 5.46. The summed E-state index contributed by atoms with van der Waals surface area (Å²) in [5.41, 5.74) is 4.72. The summed E-state index contributed by atoms with van der Waals surface area (Å²) in [7, 11) is 0. The average Bonchev–Trinajstić information content (AvgIpc) is 3.34. The summed E-state index contributed by atoms with van der Waals surface area (Å²) in [6.07, 6.45) is 3.67. The van der Waals surface area contributed by atoms with Crippen LogP contribution in [0.1, 0.15) is 29.7 Å². The van der Waals surface area contributed by atoms with E-state index in [9.17, 15) is 4.79 Å². The highest BCUT2D eigenvalue weighted by atomic mass is 32.1. The first-order chi connectivity index (χ1) is 16.7. The van der Waals surface area contributed by atoms with Gasteiger partial charge in [-0.25, -0.2) is 4.98 Å². The SMILES string of the molecule is O=C(Cc1csc(-c2cccc(CN3CCOCC3)c2)n1)N1CCC(Cc2ccccc2)CC1. The summed E-state index contributed by atoms with van der Waals surface area (Å²) in [4.78, 5) is 22.2. The lowest BCUT2D eigenvalue weighted by molar-refractivity contribution is -0.131. The van der Waals surface area contributed by atoms with Crippen LogP contribution in [0.25, 0.3) is 10.6 Å². The zero-order valence-electron chi connectivity index (χ0n) is 19.7. The van der Waals surface area contributed by atoms with Crippen LogP contribution >= 0.6 is 11.3 Å². The summed E-state index contributed by atoms with van der Waals surface area (Å²) in [6.45, 7) is 6.25. The third kappa shape index (κ3) is 6.12. The Bertz CT molecular complexity index is 1070. The number of nitrogens with zero attached hydrogens (tertiary/aromatic N) is 3. The second-order valence-electron chi connectivity index (χ2n) is 9.42. The number of amides is 1. The molecule has 2 fully saturated rings. The molecule has 0 atom stereocenters. The minimum Gasteiger partial charge on any atom is -0.379 e. The molecule has 6 heteroatoms. The zero-order chi connectivity index (χ0) is 23.2. The first kappa shape index (κ1) is 23.2. The maximum atomic E-state index is 12.9. The van der Waals surface area contributed by atoms with Gasteiger partial charge in [-0.3, -0.25) is 9.69 Å². The molecule has 1 amide bonds. The van der Waals surface area contributed by atoms with Crippen LogP contribution in [0.2, 0.25) is 0 Å². The minimum atomic E-state index is 0.205. The van der Waals surface area contributed by atoms with E-state index in [1.807, 2.05) is 10.3 Å². The van der Waals surface area contributed by atoms with Gasteiger partial charge in [-0.15, -0.1) is 11.3 Å². The molecule has 2 aliphatic rings. The first-order valence-electron chi connectivity index (χ1n) is 12.4. The number of carbonyl (C=O) groups excluding carboxylic acids is 1. The lowest BCUT2D eigenvalue weighted by atomic mass is 9.90. The Morgan fingerprint density at radius 2 is 1.74 bits per heavy atom. The third-order valence-electron chi connectivity index (χ3n) is 6.90. The van der Waals surface area contributed by atoms with Gasteiger partial charge in [-0.05, 0) is 42.4 Å². The summed E-state index contributed by atoms with van der Waals surface area (Å²) in [5, 5.41) is 3.04. The largest absolute Gasteiger partial charge is 0.379 e. The molecule has 2 saturated heterocycles. The fraction of sp³-hybridized carbons (Fsp3) is 0.429. The lowest BCUT2D eigenvalue weighted by Gasteiger charge is -2.32. The fourth-order valence-electron chi connectivity index (χ4n) is 4.94. The van der Waals surface area contributed by atoms with E-state index in [0.717, 1.165) is 81.5 Å². The number of hydrogen-bond acceptors (Lipinski definition) is 5. The van der Waals surface area contributed by atoms with Crippen LogP contribution in [-0.2, 0) is 28.9 Å². The van der Waals surface area contributed by atoms with E-state index in [4.69, 9.17) is 9.72 Å².